The molecule has 0 aliphatic carbocycles. The van der Waals surface area contributed by atoms with Gasteiger partial charge >= 0.3 is 0 Å². The van der Waals surface area contributed by atoms with Gasteiger partial charge < -0.3 is 0 Å². The number of hydrogen-bond donors (Lipinski definition) is 0. The minimum absolute atomic E-state index is 0.126. The zero-order valence-corrected chi connectivity index (χ0v) is 12.0. The standard InChI is InChI=1S/C13H16BrClFN/c14-12-2-1-11(13(16)7-12)9-17-5-3-10(8-15)4-6-17/h1-2,7,10H,3-6,8-9H2. The smallest absolute Gasteiger partial charge is 0.128 e. The van der Waals surface area contributed by atoms with Crippen LogP contribution in [-0.2, 0) is 6.54 Å². The Morgan fingerprint density at radius 1 is 1.35 bits per heavy atom. The quantitative estimate of drug-likeness (QED) is 0.760. The number of benzene rings is 1. The van der Waals surface area contributed by atoms with Crippen LogP contribution in [0.4, 0.5) is 4.39 Å². The second-order valence-electron chi connectivity index (χ2n) is 4.61. The van der Waals surface area contributed by atoms with Gasteiger partial charge in [0.05, 0.1) is 0 Å². The third-order valence-electron chi connectivity index (χ3n) is 3.33. The summed E-state index contributed by atoms with van der Waals surface area (Å²) < 4.78 is 14.5. The van der Waals surface area contributed by atoms with E-state index in [9.17, 15) is 4.39 Å². The summed E-state index contributed by atoms with van der Waals surface area (Å²) in [6, 6.07) is 5.28. The van der Waals surface area contributed by atoms with Crippen molar-refractivity contribution in [2.24, 2.45) is 5.92 Å². The van der Waals surface area contributed by atoms with E-state index in [1.807, 2.05) is 12.1 Å². The topological polar surface area (TPSA) is 3.24 Å². The first kappa shape index (κ1) is 13.3. The van der Waals surface area contributed by atoms with Crippen LogP contribution in [0.1, 0.15) is 18.4 Å². The molecule has 0 atom stereocenters. The van der Waals surface area contributed by atoms with Gasteiger partial charge in [-0.3, -0.25) is 4.90 Å². The van der Waals surface area contributed by atoms with E-state index in [1.54, 1.807) is 0 Å². The van der Waals surface area contributed by atoms with Crippen molar-refractivity contribution in [1.82, 2.24) is 4.90 Å². The summed E-state index contributed by atoms with van der Waals surface area (Å²) in [5.41, 5.74) is 0.775. The summed E-state index contributed by atoms with van der Waals surface area (Å²) in [5, 5.41) is 0. The van der Waals surface area contributed by atoms with Crippen molar-refractivity contribution in [2.45, 2.75) is 19.4 Å². The number of nitrogens with zero attached hydrogens (tertiary/aromatic N) is 1. The molecule has 0 aromatic heterocycles. The lowest BCUT2D eigenvalue weighted by Gasteiger charge is -2.31. The highest BCUT2D eigenvalue weighted by Crippen LogP contribution is 2.22. The van der Waals surface area contributed by atoms with Crippen molar-refractivity contribution in [1.29, 1.82) is 0 Å². The van der Waals surface area contributed by atoms with Crippen molar-refractivity contribution in [2.75, 3.05) is 19.0 Å². The lowest BCUT2D eigenvalue weighted by Crippen LogP contribution is -2.33. The third kappa shape index (κ3) is 3.67. The van der Waals surface area contributed by atoms with Gasteiger partial charge in [-0.15, -0.1) is 11.6 Å². The van der Waals surface area contributed by atoms with Gasteiger partial charge in [0.1, 0.15) is 5.82 Å². The number of halogens is 3. The van der Waals surface area contributed by atoms with Crippen LogP contribution in [-0.4, -0.2) is 23.9 Å². The lowest BCUT2D eigenvalue weighted by atomic mass is 9.98. The molecule has 17 heavy (non-hydrogen) atoms. The molecule has 1 heterocycles. The number of hydrogen-bond acceptors (Lipinski definition) is 1. The van der Waals surface area contributed by atoms with Crippen LogP contribution in [0.15, 0.2) is 22.7 Å². The fraction of sp³-hybridized carbons (Fsp3) is 0.538. The van der Waals surface area contributed by atoms with Crippen LogP contribution < -0.4 is 0 Å². The van der Waals surface area contributed by atoms with Crippen LogP contribution in [0.2, 0.25) is 0 Å². The molecule has 1 aliphatic rings. The largest absolute Gasteiger partial charge is 0.299 e. The molecule has 0 bridgehead atoms. The van der Waals surface area contributed by atoms with Crippen molar-refractivity contribution < 1.29 is 4.39 Å². The van der Waals surface area contributed by atoms with Gasteiger partial charge in [-0.25, -0.2) is 4.39 Å². The fourth-order valence-corrected chi connectivity index (χ4v) is 2.83. The summed E-state index contributed by atoms with van der Waals surface area (Å²) in [7, 11) is 0. The molecule has 1 aromatic rings. The summed E-state index contributed by atoms with van der Waals surface area (Å²) in [5.74, 6) is 1.27. The van der Waals surface area contributed by atoms with Crippen LogP contribution >= 0.6 is 27.5 Å². The molecule has 94 valence electrons. The first-order chi connectivity index (χ1) is 8.19. The molecule has 0 radical (unpaired) electrons. The van der Waals surface area contributed by atoms with E-state index in [2.05, 4.69) is 20.8 Å². The number of alkyl halides is 1. The Hall–Kier alpha value is -0.120. The Morgan fingerprint density at radius 3 is 2.65 bits per heavy atom. The predicted molar refractivity (Wildman–Crippen MR) is 72.8 cm³/mol. The van der Waals surface area contributed by atoms with E-state index in [4.69, 9.17) is 11.6 Å². The Bertz CT molecular complexity index is 378. The van der Waals surface area contributed by atoms with Gasteiger partial charge in [0, 0.05) is 22.5 Å². The van der Waals surface area contributed by atoms with Crippen LogP contribution in [0.25, 0.3) is 0 Å². The monoisotopic (exact) mass is 319 g/mol. The highest BCUT2D eigenvalue weighted by atomic mass is 79.9. The fourth-order valence-electron chi connectivity index (χ4n) is 2.19. The Labute approximate surface area is 115 Å². The van der Waals surface area contributed by atoms with Gasteiger partial charge in [0.2, 0.25) is 0 Å². The molecule has 0 N–H and O–H groups in total. The molecule has 0 unspecified atom stereocenters. The molecule has 1 saturated heterocycles. The summed E-state index contributed by atoms with van der Waals surface area (Å²) in [6.45, 7) is 2.74. The maximum absolute atomic E-state index is 13.7. The molecular formula is C13H16BrClFN. The van der Waals surface area contributed by atoms with E-state index in [-0.39, 0.29) is 5.82 Å². The zero-order valence-electron chi connectivity index (χ0n) is 9.63. The maximum atomic E-state index is 13.7. The van der Waals surface area contributed by atoms with E-state index < -0.39 is 0 Å². The molecule has 2 rings (SSSR count). The van der Waals surface area contributed by atoms with Crippen LogP contribution in [0, 0.1) is 11.7 Å². The van der Waals surface area contributed by atoms with Crippen LogP contribution in [0.5, 0.6) is 0 Å². The SMILES string of the molecule is Fc1cc(Br)ccc1CN1CCC(CCl)CC1. The van der Waals surface area contributed by atoms with E-state index in [0.717, 1.165) is 41.8 Å². The van der Waals surface area contributed by atoms with Crippen molar-refractivity contribution in [3.05, 3.63) is 34.1 Å². The average Bonchev–Trinajstić information content (AvgIpc) is 2.34. The summed E-state index contributed by atoms with van der Waals surface area (Å²) in [4.78, 5) is 2.30. The van der Waals surface area contributed by atoms with Gasteiger partial charge in [-0.05, 0) is 44.0 Å². The third-order valence-corrected chi connectivity index (χ3v) is 4.26. The highest BCUT2D eigenvalue weighted by Gasteiger charge is 2.19. The molecule has 1 aromatic carbocycles. The second kappa shape index (κ2) is 6.17. The van der Waals surface area contributed by atoms with E-state index in [1.165, 1.54) is 6.07 Å². The molecule has 1 aliphatic heterocycles. The first-order valence-corrected chi connectivity index (χ1v) is 7.24. The molecule has 0 spiro atoms. The zero-order chi connectivity index (χ0) is 12.3. The number of piperidine rings is 1. The average molecular weight is 321 g/mol. The summed E-state index contributed by atoms with van der Waals surface area (Å²) >= 11 is 9.12. The van der Waals surface area contributed by atoms with Crippen molar-refractivity contribution in [3.8, 4) is 0 Å². The molecule has 4 heteroatoms. The molecule has 0 saturated carbocycles. The minimum atomic E-state index is -0.126. The predicted octanol–water partition coefficient (Wildman–Crippen LogP) is 4.04. The van der Waals surface area contributed by atoms with Gasteiger partial charge in [0.15, 0.2) is 0 Å². The minimum Gasteiger partial charge on any atom is -0.299 e. The Kier molecular flexibility index (Phi) is 4.83. The van der Waals surface area contributed by atoms with E-state index >= 15 is 0 Å². The van der Waals surface area contributed by atoms with Crippen molar-refractivity contribution >= 4 is 27.5 Å². The van der Waals surface area contributed by atoms with Gasteiger partial charge in [-0.1, -0.05) is 22.0 Å². The maximum Gasteiger partial charge on any atom is 0.128 e. The normalized spacial score (nSPS) is 18.5. The molecular weight excluding hydrogens is 305 g/mol. The number of rotatable bonds is 3. The summed E-state index contributed by atoms with van der Waals surface area (Å²) in [6.07, 6.45) is 2.25. The highest BCUT2D eigenvalue weighted by molar-refractivity contribution is 9.10. The number of likely N-dealkylation sites (tertiary alicyclic amines) is 1. The first-order valence-electron chi connectivity index (χ1n) is 5.91. The van der Waals surface area contributed by atoms with Crippen LogP contribution in [0.3, 0.4) is 0 Å². The Morgan fingerprint density at radius 2 is 2.06 bits per heavy atom. The van der Waals surface area contributed by atoms with Gasteiger partial charge in [-0.2, -0.15) is 0 Å². The lowest BCUT2D eigenvalue weighted by molar-refractivity contribution is 0.184. The molecule has 1 fully saturated rings. The van der Waals surface area contributed by atoms with Gasteiger partial charge in [0.25, 0.3) is 0 Å². The second-order valence-corrected chi connectivity index (χ2v) is 5.83. The van der Waals surface area contributed by atoms with E-state index in [0.29, 0.717) is 12.5 Å². The van der Waals surface area contributed by atoms with Crippen molar-refractivity contribution in [3.63, 3.8) is 0 Å². The Balaban J connectivity index is 1.93. The molecule has 1 nitrogen and oxygen atoms in total. The molecule has 0 amide bonds.